The number of rotatable bonds is 4. The van der Waals surface area contributed by atoms with Crippen LogP contribution >= 0.6 is 0 Å². The molecule has 1 fully saturated rings. The fraction of sp³-hybridized carbons (Fsp3) is 0.500. The van der Waals surface area contributed by atoms with E-state index in [0.717, 1.165) is 43.9 Å². The van der Waals surface area contributed by atoms with Gasteiger partial charge >= 0.3 is 0 Å². The second-order valence-corrected chi connectivity index (χ2v) is 4.43. The number of hydrogen-bond donors (Lipinski definition) is 1. The standard InChI is InChI=1S/C14H20N2O/c1-2-5-14(17)12-6-3-4-7-13(12)16-10-8-15-9-11-16/h3-4,6-7,15H,2,5,8-11H2,1H3. The summed E-state index contributed by atoms with van der Waals surface area (Å²) in [4.78, 5) is 14.4. The molecule has 0 unspecified atom stereocenters. The normalized spacial score (nSPS) is 15.9. The fourth-order valence-corrected chi connectivity index (χ4v) is 2.25. The fourth-order valence-electron chi connectivity index (χ4n) is 2.25. The van der Waals surface area contributed by atoms with E-state index < -0.39 is 0 Å². The number of hydrogen-bond acceptors (Lipinski definition) is 3. The molecule has 1 heterocycles. The summed E-state index contributed by atoms with van der Waals surface area (Å²) in [5.41, 5.74) is 1.99. The first-order valence-electron chi connectivity index (χ1n) is 6.41. The SMILES string of the molecule is CCCC(=O)c1ccccc1N1CCNCC1. The van der Waals surface area contributed by atoms with Gasteiger partial charge in [0.15, 0.2) is 5.78 Å². The third-order valence-corrected chi connectivity index (χ3v) is 3.14. The number of carbonyl (C=O) groups is 1. The molecular weight excluding hydrogens is 212 g/mol. The van der Waals surface area contributed by atoms with Crippen LogP contribution in [0.4, 0.5) is 5.69 Å². The first-order valence-corrected chi connectivity index (χ1v) is 6.41. The third-order valence-electron chi connectivity index (χ3n) is 3.14. The number of carbonyl (C=O) groups excluding carboxylic acids is 1. The second-order valence-electron chi connectivity index (χ2n) is 4.43. The van der Waals surface area contributed by atoms with Crippen LogP contribution in [0.1, 0.15) is 30.1 Å². The minimum absolute atomic E-state index is 0.265. The van der Waals surface area contributed by atoms with Gasteiger partial charge in [0.1, 0.15) is 0 Å². The molecule has 1 aliphatic heterocycles. The zero-order chi connectivity index (χ0) is 12.1. The summed E-state index contributed by atoms with van der Waals surface area (Å²) in [6.07, 6.45) is 1.55. The van der Waals surface area contributed by atoms with E-state index >= 15 is 0 Å². The molecule has 1 aliphatic rings. The van der Waals surface area contributed by atoms with E-state index in [1.807, 2.05) is 25.1 Å². The molecule has 1 saturated heterocycles. The number of anilines is 1. The van der Waals surface area contributed by atoms with Gasteiger partial charge in [-0.15, -0.1) is 0 Å². The topological polar surface area (TPSA) is 32.3 Å². The molecule has 3 nitrogen and oxygen atoms in total. The Morgan fingerprint density at radius 2 is 2.00 bits per heavy atom. The van der Waals surface area contributed by atoms with Crippen molar-refractivity contribution in [1.29, 1.82) is 0 Å². The highest BCUT2D eigenvalue weighted by molar-refractivity contribution is 6.01. The van der Waals surface area contributed by atoms with E-state index in [-0.39, 0.29) is 5.78 Å². The largest absolute Gasteiger partial charge is 0.368 e. The second kappa shape index (κ2) is 5.82. The van der Waals surface area contributed by atoms with E-state index in [0.29, 0.717) is 6.42 Å². The van der Waals surface area contributed by atoms with Gasteiger partial charge in [-0.3, -0.25) is 4.79 Å². The van der Waals surface area contributed by atoms with Gasteiger partial charge in [-0.25, -0.2) is 0 Å². The van der Waals surface area contributed by atoms with Gasteiger partial charge in [0.05, 0.1) is 0 Å². The van der Waals surface area contributed by atoms with Crippen molar-refractivity contribution >= 4 is 11.5 Å². The maximum absolute atomic E-state index is 12.1. The van der Waals surface area contributed by atoms with Crippen LogP contribution in [-0.2, 0) is 0 Å². The smallest absolute Gasteiger partial charge is 0.164 e. The molecule has 0 aromatic heterocycles. The first kappa shape index (κ1) is 12.1. The third kappa shape index (κ3) is 2.86. The van der Waals surface area contributed by atoms with E-state index in [9.17, 15) is 4.79 Å². The Morgan fingerprint density at radius 1 is 1.29 bits per heavy atom. The van der Waals surface area contributed by atoms with Crippen LogP contribution in [0.15, 0.2) is 24.3 Å². The molecule has 0 aliphatic carbocycles. The Bertz CT molecular complexity index is 384. The van der Waals surface area contributed by atoms with Gasteiger partial charge in [0.25, 0.3) is 0 Å². The Kier molecular flexibility index (Phi) is 4.15. The molecule has 1 N–H and O–H groups in total. The van der Waals surface area contributed by atoms with E-state index in [1.54, 1.807) is 0 Å². The van der Waals surface area contributed by atoms with Crippen molar-refractivity contribution in [3.8, 4) is 0 Å². The lowest BCUT2D eigenvalue weighted by molar-refractivity contribution is 0.0982. The zero-order valence-corrected chi connectivity index (χ0v) is 10.4. The van der Waals surface area contributed by atoms with Crippen LogP contribution < -0.4 is 10.2 Å². The summed E-state index contributed by atoms with van der Waals surface area (Å²) in [7, 11) is 0. The maximum Gasteiger partial charge on any atom is 0.164 e. The molecule has 0 atom stereocenters. The number of benzene rings is 1. The molecule has 1 aromatic carbocycles. The van der Waals surface area contributed by atoms with Crippen LogP contribution in [0, 0.1) is 0 Å². The first-order chi connectivity index (χ1) is 8.33. The lowest BCUT2D eigenvalue weighted by Gasteiger charge is -2.30. The van der Waals surface area contributed by atoms with Gasteiger partial charge in [-0.1, -0.05) is 19.1 Å². The van der Waals surface area contributed by atoms with Gasteiger partial charge in [-0.2, -0.15) is 0 Å². The molecule has 0 saturated carbocycles. The van der Waals surface area contributed by atoms with Crippen LogP contribution in [0.2, 0.25) is 0 Å². The van der Waals surface area contributed by atoms with Gasteiger partial charge in [-0.05, 0) is 18.6 Å². The number of nitrogens with zero attached hydrogens (tertiary/aromatic N) is 1. The summed E-state index contributed by atoms with van der Waals surface area (Å²) in [5.74, 6) is 0.265. The molecule has 3 heteroatoms. The van der Waals surface area contributed by atoms with E-state index in [1.165, 1.54) is 0 Å². The molecule has 92 valence electrons. The summed E-state index contributed by atoms with van der Waals surface area (Å²) in [5, 5.41) is 3.33. The predicted molar refractivity (Wildman–Crippen MR) is 70.8 cm³/mol. The molecule has 2 rings (SSSR count). The van der Waals surface area contributed by atoms with Crippen molar-refractivity contribution in [1.82, 2.24) is 5.32 Å². The minimum Gasteiger partial charge on any atom is -0.368 e. The number of ketones is 1. The highest BCUT2D eigenvalue weighted by Crippen LogP contribution is 2.22. The number of nitrogens with one attached hydrogen (secondary N) is 1. The number of piperazine rings is 1. The zero-order valence-electron chi connectivity index (χ0n) is 10.4. The van der Waals surface area contributed by atoms with Crippen molar-refractivity contribution in [3.63, 3.8) is 0 Å². The molecule has 1 aromatic rings. The van der Waals surface area contributed by atoms with Crippen LogP contribution in [0.25, 0.3) is 0 Å². The quantitative estimate of drug-likeness (QED) is 0.807. The number of para-hydroxylation sites is 1. The summed E-state index contributed by atoms with van der Waals surface area (Å²) < 4.78 is 0. The van der Waals surface area contributed by atoms with Gasteiger partial charge in [0, 0.05) is 43.9 Å². The Hall–Kier alpha value is -1.35. The summed E-state index contributed by atoms with van der Waals surface area (Å²) >= 11 is 0. The molecule has 0 amide bonds. The molecule has 0 spiro atoms. The van der Waals surface area contributed by atoms with Crippen molar-refractivity contribution in [2.24, 2.45) is 0 Å². The monoisotopic (exact) mass is 232 g/mol. The van der Waals surface area contributed by atoms with Crippen LogP contribution in [-0.4, -0.2) is 32.0 Å². The molecular formula is C14H20N2O. The van der Waals surface area contributed by atoms with E-state index in [2.05, 4.69) is 16.3 Å². The average molecular weight is 232 g/mol. The molecule has 0 radical (unpaired) electrons. The Morgan fingerprint density at radius 3 is 2.71 bits per heavy atom. The highest BCUT2D eigenvalue weighted by atomic mass is 16.1. The average Bonchev–Trinajstić information content (AvgIpc) is 2.40. The minimum atomic E-state index is 0.265. The summed E-state index contributed by atoms with van der Waals surface area (Å²) in [6, 6.07) is 7.98. The van der Waals surface area contributed by atoms with Crippen LogP contribution in [0.3, 0.4) is 0 Å². The Balaban J connectivity index is 2.23. The van der Waals surface area contributed by atoms with Crippen molar-refractivity contribution in [2.45, 2.75) is 19.8 Å². The number of Topliss-reactive ketones (excluding diaryl/α,β-unsaturated/α-hetero) is 1. The van der Waals surface area contributed by atoms with Gasteiger partial charge < -0.3 is 10.2 Å². The van der Waals surface area contributed by atoms with Gasteiger partial charge in [0.2, 0.25) is 0 Å². The highest BCUT2D eigenvalue weighted by Gasteiger charge is 2.16. The molecule has 17 heavy (non-hydrogen) atoms. The maximum atomic E-state index is 12.1. The molecule has 0 bridgehead atoms. The van der Waals surface area contributed by atoms with E-state index in [4.69, 9.17) is 0 Å². The van der Waals surface area contributed by atoms with Crippen molar-refractivity contribution < 1.29 is 4.79 Å². The Labute approximate surface area is 103 Å². The lowest BCUT2D eigenvalue weighted by Crippen LogP contribution is -2.44. The van der Waals surface area contributed by atoms with Crippen molar-refractivity contribution in [2.75, 3.05) is 31.1 Å². The predicted octanol–water partition coefficient (Wildman–Crippen LogP) is 2.08. The lowest BCUT2D eigenvalue weighted by atomic mass is 10.0. The van der Waals surface area contributed by atoms with Crippen molar-refractivity contribution in [3.05, 3.63) is 29.8 Å². The summed E-state index contributed by atoms with van der Waals surface area (Å²) in [6.45, 7) is 6.00. The van der Waals surface area contributed by atoms with Crippen LogP contribution in [0.5, 0.6) is 0 Å².